The average molecular weight is 501 g/mol. The first-order valence-corrected chi connectivity index (χ1v) is 11.7. The van der Waals surface area contributed by atoms with Crippen LogP contribution in [0.15, 0.2) is 79.5 Å². The number of ether oxygens (including phenoxy) is 2. The van der Waals surface area contributed by atoms with Crippen molar-refractivity contribution >= 4 is 46.7 Å². The van der Waals surface area contributed by atoms with Gasteiger partial charge in [-0.05, 0) is 80.0 Å². The van der Waals surface area contributed by atoms with Gasteiger partial charge in [-0.3, -0.25) is 19.2 Å². The number of benzene rings is 2. The Hall–Kier alpha value is -4.72. The lowest BCUT2D eigenvalue weighted by molar-refractivity contribution is -0.104. The molecule has 188 valence electrons. The van der Waals surface area contributed by atoms with Crippen LogP contribution in [0.3, 0.4) is 0 Å². The summed E-state index contributed by atoms with van der Waals surface area (Å²) in [6.45, 7) is 0.936. The molecule has 2 aromatic carbocycles. The summed E-state index contributed by atoms with van der Waals surface area (Å²) in [4.78, 5) is 46.2. The molecule has 0 unspecified atom stereocenters. The normalized spacial score (nSPS) is 11.5. The molecule has 0 amide bonds. The molecule has 0 saturated carbocycles. The van der Waals surface area contributed by atoms with Crippen LogP contribution in [0.4, 0.5) is 0 Å². The van der Waals surface area contributed by atoms with E-state index in [1.165, 1.54) is 36.8 Å². The first-order chi connectivity index (χ1) is 18.1. The molecule has 0 radical (unpaired) electrons. The van der Waals surface area contributed by atoms with Crippen LogP contribution in [0, 0.1) is 0 Å². The van der Waals surface area contributed by atoms with E-state index in [-0.39, 0.29) is 10.9 Å². The van der Waals surface area contributed by atoms with E-state index in [9.17, 15) is 19.2 Å². The van der Waals surface area contributed by atoms with Gasteiger partial charge in [-0.15, -0.1) is 0 Å². The minimum atomic E-state index is -0.234. The highest BCUT2D eigenvalue weighted by atomic mass is 16.5. The standard InChI is InChI=1S/C29H24O8/c30-12-4-6-20-18-36-26-10-8-22(16-24(26)28(20)32)34-14-2-1-3-15-35-23-9-11-27-25(17-23)29(33)21(19-37-27)7-5-13-31/h4-13,16-19H,1-3,14-15H2/b6-4+,7-5+. The molecule has 8 nitrogen and oxygen atoms in total. The van der Waals surface area contributed by atoms with Gasteiger partial charge in [0.25, 0.3) is 0 Å². The highest BCUT2D eigenvalue weighted by molar-refractivity contribution is 5.83. The second-order valence-electron chi connectivity index (χ2n) is 8.10. The summed E-state index contributed by atoms with van der Waals surface area (Å²) in [5.41, 5.74) is 0.998. The van der Waals surface area contributed by atoms with Crippen LogP contribution < -0.4 is 20.3 Å². The van der Waals surface area contributed by atoms with Crippen LogP contribution in [0.2, 0.25) is 0 Å². The Labute approximate surface area is 211 Å². The van der Waals surface area contributed by atoms with E-state index in [0.29, 0.717) is 70.4 Å². The fourth-order valence-corrected chi connectivity index (χ4v) is 3.71. The number of hydrogen-bond donors (Lipinski definition) is 0. The zero-order valence-corrected chi connectivity index (χ0v) is 19.9. The molecule has 0 bridgehead atoms. The van der Waals surface area contributed by atoms with E-state index in [1.807, 2.05) is 0 Å². The van der Waals surface area contributed by atoms with Gasteiger partial charge < -0.3 is 18.3 Å². The van der Waals surface area contributed by atoms with Gasteiger partial charge in [-0.2, -0.15) is 0 Å². The highest BCUT2D eigenvalue weighted by Crippen LogP contribution is 2.21. The number of aldehydes is 2. The third-order valence-corrected chi connectivity index (χ3v) is 5.58. The molecule has 0 aliphatic heterocycles. The summed E-state index contributed by atoms with van der Waals surface area (Å²) < 4.78 is 22.5. The van der Waals surface area contributed by atoms with E-state index in [4.69, 9.17) is 18.3 Å². The van der Waals surface area contributed by atoms with E-state index < -0.39 is 0 Å². The van der Waals surface area contributed by atoms with Crippen LogP contribution in [0.25, 0.3) is 34.1 Å². The zero-order chi connectivity index (χ0) is 26.0. The summed E-state index contributed by atoms with van der Waals surface area (Å²) in [7, 11) is 0. The van der Waals surface area contributed by atoms with Gasteiger partial charge in [-0.25, -0.2) is 0 Å². The van der Waals surface area contributed by atoms with Gasteiger partial charge in [-0.1, -0.05) is 0 Å². The Bertz CT molecular complexity index is 1470. The molecular weight excluding hydrogens is 476 g/mol. The lowest BCUT2D eigenvalue weighted by Crippen LogP contribution is -2.06. The molecule has 0 spiro atoms. The van der Waals surface area contributed by atoms with Crippen molar-refractivity contribution in [1.82, 2.24) is 0 Å². The SMILES string of the molecule is O=C/C=C/c1coc2ccc(OCCCCCOc3ccc4occ(/C=C/C=O)c(=O)c4c3)cc2c1=O. The summed E-state index contributed by atoms with van der Waals surface area (Å²) >= 11 is 0. The molecule has 0 saturated heterocycles. The van der Waals surface area contributed by atoms with Crippen molar-refractivity contribution in [2.45, 2.75) is 19.3 Å². The predicted molar refractivity (Wildman–Crippen MR) is 140 cm³/mol. The molecule has 37 heavy (non-hydrogen) atoms. The Morgan fingerprint density at radius 2 is 1.11 bits per heavy atom. The zero-order valence-electron chi connectivity index (χ0n) is 19.9. The number of hydrogen-bond acceptors (Lipinski definition) is 8. The van der Waals surface area contributed by atoms with Gasteiger partial charge in [0.15, 0.2) is 10.9 Å². The van der Waals surface area contributed by atoms with E-state index in [0.717, 1.165) is 19.3 Å². The van der Waals surface area contributed by atoms with E-state index in [2.05, 4.69) is 0 Å². The molecule has 0 atom stereocenters. The maximum Gasteiger partial charge on any atom is 0.200 e. The number of allylic oxidation sites excluding steroid dienone is 2. The second-order valence-corrected chi connectivity index (χ2v) is 8.10. The van der Waals surface area contributed by atoms with Gasteiger partial charge >= 0.3 is 0 Å². The van der Waals surface area contributed by atoms with Crippen LogP contribution in [0.5, 0.6) is 11.5 Å². The maximum atomic E-state index is 12.6. The summed E-state index contributed by atoms with van der Waals surface area (Å²) in [5, 5.41) is 0.769. The second kappa shape index (κ2) is 12.3. The van der Waals surface area contributed by atoms with Gasteiger partial charge in [0, 0.05) is 0 Å². The van der Waals surface area contributed by atoms with Crippen molar-refractivity contribution in [1.29, 1.82) is 0 Å². The van der Waals surface area contributed by atoms with Crippen LogP contribution >= 0.6 is 0 Å². The number of rotatable bonds is 12. The van der Waals surface area contributed by atoms with Crippen molar-refractivity contribution in [3.8, 4) is 11.5 Å². The lowest BCUT2D eigenvalue weighted by Gasteiger charge is -2.09. The van der Waals surface area contributed by atoms with Crippen LogP contribution in [0.1, 0.15) is 30.4 Å². The summed E-state index contributed by atoms with van der Waals surface area (Å²) in [6, 6.07) is 10.1. The van der Waals surface area contributed by atoms with E-state index >= 15 is 0 Å². The fourth-order valence-electron chi connectivity index (χ4n) is 3.71. The van der Waals surface area contributed by atoms with E-state index in [1.54, 1.807) is 36.4 Å². The molecule has 8 heteroatoms. The molecule has 0 aliphatic carbocycles. The first-order valence-electron chi connectivity index (χ1n) is 11.7. The van der Waals surface area contributed by atoms with Crippen molar-refractivity contribution in [3.05, 3.63) is 92.7 Å². The van der Waals surface area contributed by atoms with Crippen LogP contribution in [-0.4, -0.2) is 25.8 Å². The van der Waals surface area contributed by atoms with Gasteiger partial charge in [0.2, 0.25) is 0 Å². The molecule has 0 N–H and O–H groups in total. The number of fused-ring (bicyclic) bond motifs is 2. The molecule has 2 heterocycles. The molecule has 4 rings (SSSR count). The third-order valence-electron chi connectivity index (χ3n) is 5.58. The average Bonchev–Trinajstić information content (AvgIpc) is 2.92. The molecule has 2 aromatic heterocycles. The fraction of sp³-hybridized carbons (Fsp3) is 0.172. The third kappa shape index (κ3) is 6.29. The highest BCUT2D eigenvalue weighted by Gasteiger charge is 2.08. The number of carbonyl (C=O) groups is 2. The topological polar surface area (TPSA) is 113 Å². The van der Waals surface area contributed by atoms with Crippen molar-refractivity contribution in [3.63, 3.8) is 0 Å². The smallest absolute Gasteiger partial charge is 0.200 e. The van der Waals surface area contributed by atoms with Gasteiger partial charge in [0.05, 0.1) is 35.1 Å². The summed E-state index contributed by atoms with van der Waals surface area (Å²) in [6.07, 6.45) is 11.6. The molecule has 4 aromatic rings. The molecule has 0 aliphatic rings. The molecular formula is C29H24O8. The minimum absolute atomic E-state index is 0.234. The van der Waals surface area contributed by atoms with Crippen molar-refractivity contribution in [2.24, 2.45) is 0 Å². The Morgan fingerprint density at radius 3 is 1.54 bits per heavy atom. The quantitative estimate of drug-likeness (QED) is 0.153. The minimum Gasteiger partial charge on any atom is -0.494 e. The monoisotopic (exact) mass is 500 g/mol. The summed E-state index contributed by atoms with van der Waals surface area (Å²) in [5.74, 6) is 1.12. The number of unbranched alkanes of at least 4 members (excludes halogenated alkanes) is 2. The molecule has 0 fully saturated rings. The van der Waals surface area contributed by atoms with Crippen molar-refractivity contribution < 1.29 is 27.9 Å². The Kier molecular flexibility index (Phi) is 8.44. The lowest BCUT2D eigenvalue weighted by atomic mass is 10.1. The predicted octanol–water partition coefficient (Wildman–Crippen LogP) is 4.95. The Balaban J connectivity index is 1.26. The maximum absolute atomic E-state index is 12.6. The first kappa shape index (κ1) is 25.4. The Morgan fingerprint density at radius 1 is 0.649 bits per heavy atom. The number of carbonyl (C=O) groups excluding carboxylic acids is 2. The van der Waals surface area contributed by atoms with Crippen LogP contribution in [-0.2, 0) is 9.59 Å². The largest absolute Gasteiger partial charge is 0.494 e. The van der Waals surface area contributed by atoms with Gasteiger partial charge in [0.1, 0.15) is 47.8 Å². The van der Waals surface area contributed by atoms with Crippen molar-refractivity contribution in [2.75, 3.05) is 13.2 Å².